The molecule has 1 fully saturated rings. The fourth-order valence-electron chi connectivity index (χ4n) is 3.14. The molecule has 0 spiro atoms. The zero-order valence-corrected chi connectivity index (χ0v) is 16.5. The molecule has 1 atom stereocenters. The van der Waals surface area contributed by atoms with Crippen LogP contribution in [0.3, 0.4) is 0 Å². The third kappa shape index (κ3) is 4.27. The molecule has 150 valence electrons. The van der Waals surface area contributed by atoms with E-state index in [0.717, 1.165) is 18.9 Å². The Labute approximate surface area is 167 Å². The first-order valence-electron chi connectivity index (χ1n) is 8.74. The molecular formula is C18H20ClN3O5S. The Morgan fingerprint density at radius 1 is 1.18 bits per heavy atom. The normalized spacial score (nSPS) is 16.1. The summed E-state index contributed by atoms with van der Waals surface area (Å²) in [5, 5.41) is 24.5. The Morgan fingerprint density at radius 3 is 2.39 bits per heavy atom. The molecule has 2 aromatic carbocycles. The number of nitrogens with zero attached hydrogens (tertiary/aromatic N) is 2. The van der Waals surface area contributed by atoms with Crippen LogP contribution in [-0.2, 0) is 10.0 Å². The number of halogens is 1. The molecule has 10 heteroatoms. The lowest BCUT2D eigenvalue weighted by Crippen LogP contribution is -2.29. The van der Waals surface area contributed by atoms with Crippen molar-refractivity contribution in [2.75, 3.05) is 25.0 Å². The molecule has 1 aliphatic heterocycles. The van der Waals surface area contributed by atoms with Gasteiger partial charge in [0.25, 0.3) is 5.69 Å². The summed E-state index contributed by atoms with van der Waals surface area (Å²) in [6, 6.07) is 9.82. The standard InChI is InChI=1S/C18H20ClN3O5S/c19-14-5-3-13(4-6-14)17(12-23)20-16-8-7-15(22(24)25)11-18(16)28(26,27)21-9-1-2-10-21/h3-8,11,17,20,23H,1-2,9-10,12H2. The van der Waals surface area contributed by atoms with E-state index in [4.69, 9.17) is 11.6 Å². The van der Waals surface area contributed by atoms with Crippen molar-refractivity contribution in [2.45, 2.75) is 23.8 Å². The van der Waals surface area contributed by atoms with Gasteiger partial charge in [-0.1, -0.05) is 23.7 Å². The average molecular weight is 426 g/mol. The lowest BCUT2D eigenvalue weighted by molar-refractivity contribution is -0.385. The number of sulfonamides is 1. The van der Waals surface area contributed by atoms with Crippen LogP contribution in [0.15, 0.2) is 47.4 Å². The molecule has 0 bridgehead atoms. The summed E-state index contributed by atoms with van der Waals surface area (Å²) in [7, 11) is -3.90. The Morgan fingerprint density at radius 2 is 1.82 bits per heavy atom. The Kier molecular flexibility index (Phi) is 6.19. The van der Waals surface area contributed by atoms with Gasteiger partial charge in [0.1, 0.15) is 4.90 Å². The maximum absolute atomic E-state index is 13.1. The van der Waals surface area contributed by atoms with Crippen LogP contribution < -0.4 is 5.32 Å². The summed E-state index contributed by atoms with van der Waals surface area (Å²) in [6.07, 6.45) is 1.50. The van der Waals surface area contributed by atoms with E-state index in [2.05, 4.69) is 5.32 Å². The van der Waals surface area contributed by atoms with E-state index in [9.17, 15) is 23.6 Å². The Balaban J connectivity index is 2.01. The fraction of sp³-hybridized carbons (Fsp3) is 0.333. The second-order valence-electron chi connectivity index (χ2n) is 6.48. The number of hydrogen-bond acceptors (Lipinski definition) is 6. The molecule has 1 aliphatic rings. The lowest BCUT2D eigenvalue weighted by Gasteiger charge is -2.22. The maximum Gasteiger partial charge on any atom is 0.270 e. The summed E-state index contributed by atoms with van der Waals surface area (Å²) >= 11 is 5.89. The molecule has 0 saturated carbocycles. The van der Waals surface area contributed by atoms with E-state index in [1.165, 1.54) is 16.4 Å². The van der Waals surface area contributed by atoms with Crippen LogP contribution in [0.1, 0.15) is 24.4 Å². The maximum atomic E-state index is 13.1. The predicted molar refractivity (Wildman–Crippen MR) is 106 cm³/mol. The largest absolute Gasteiger partial charge is 0.394 e. The minimum atomic E-state index is -3.90. The van der Waals surface area contributed by atoms with Crippen LogP contribution in [0.4, 0.5) is 11.4 Å². The minimum Gasteiger partial charge on any atom is -0.394 e. The smallest absolute Gasteiger partial charge is 0.270 e. The summed E-state index contributed by atoms with van der Waals surface area (Å²) < 4.78 is 27.5. The van der Waals surface area contributed by atoms with Crippen LogP contribution in [0.2, 0.25) is 5.02 Å². The Bertz CT molecular complexity index is 960. The van der Waals surface area contributed by atoms with Crippen molar-refractivity contribution in [3.63, 3.8) is 0 Å². The van der Waals surface area contributed by atoms with Crippen LogP contribution in [0.5, 0.6) is 0 Å². The molecule has 0 aromatic heterocycles. The second kappa shape index (κ2) is 8.44. The summed E-state index contributed by atoms with van der Waals surface area (Å²) in [4.78, 5) is 10.4. The first kappa shape index (κ1) is 20.5. The molecule has 0 radical (unpaired) electrons. The number of nitro benzene ring substituents is 1. The van der Waals surface area contributed by atoms with E-state index in [0.29, 0.717) is 23.7 Å². The van der Waals surface area contributed by atoms with Gasteiger partial charge in [-0.25, -0.2) is 8.42 Å². The first-order chi connectivity index (χ1) is 13.3. The van der Waals surface area contributed by atoms with Crippen molar-refractivity contribution >= 4 is 33.0 Å². The molecule has 3 rings (SSSR count). The number of aliphatic hydroxyl groups excluding tert-OH is 1. The zero-order valence-electron chi connectivity index (χ0n) is 14.9. The van der Waals surface area contributed by atoms with Gasteiger partial charge in [0.15, 0.2) is 0 Å². The molecule has 8 nitrogen and oxygen atoms in total. The molecule has 2 N–H and O–H groups in total. The highest BCUT2D eigenvalue weighted by atomic mass is 35.5. The summed E-state index contributed by atoms with van der Waals surface area (Å²) in [5.41, 5.74) is 0.594. The fourth-order valence-corrected chi connectivity index (χ4v) is 4.96. The quantitative estimate of drug-likeness (QED) is 0.520. The van der Waals surface area contributed by atoms with Gasteiger partial charge < -0.3 is 10.4 Å². The molecule has 1 saturated heterocycles. The topological polar surface area (TPSA) is 113 Å². The number of aliphatic hydroxyl groups is 1. The SMILES string of the molecule is O=[N+]([O-])c1ccc(NC(CO)c2ccc(Cl)cc2)c(S(=O)(=O)N2CCCC2)c1. The first-order valence-corrected chi connectivity index (χ1v) is 10.6. The number of rotatable bonds is 7. The number of nitro groups is 1. The van der Waals surface area contributed by atoms with Gasteiger partial charge in [0.2, 0.25) is 10.0 Å². The molecule has 0 aliphatic carbocycles. The van der Waals surface area contributed by atoms with Gasteiger partial charge in [-0.3, -0.25) is 10.1 Å². The minimum absolute atomic E-state index is 0.170. The molecule has 2 aromatic rings. The summed E-state index contributed by atoms with van der Waals surface area (Å²) in [6.45, 7) is 0.456. The zero-order chi connectivity index (χ0) is 20.3. The van der Waals surface area contributed by atoms with Gasteiger partial charge in [0.05, 0.1) is 23.3 Å². The molecule has 1 unspecified atom stereocenters. The third-order valence-corrected chi connectivity index (χ3v) is 6.83. The van der Waals surface area contributed by atoms with Gasteiger partial charge in [-0.05, 0) is 36.6 Å². The van der Waals surface area contributed by atoms with Crippen molar-refractivity contribution in [1.29, 1.82) is 0 Å². The van der Waals surface area contributed by atoms with Crippen molar-refractivity contribution in [1.82, 2.24) is 4.31 Å². The van der Waals surface area contributed by atoms with Gasteiger partial charge in [0, 0.05) is 30.2 Å². The monoisotopic (exact) mass is 425 g/mol. The number of nitrogens with one attached hydrogen (secondary N) is 1. The highest BCUT2D eigenvalue weighted by Crippen LogP contribution is 2.33. The van der Waals surface area contributed by atoms with Gasteiger partial charge >= 0.3 is 0 Å². The van der Waals surface area contributed by atoms with Gasteiger partial charge in [-0.2, -0.15) is 4.31 Å². The third-order valence-electron chi connectivity index (χ3n) is 4.64. The van der Waals surface area contributed by atoms with Crippen LogP contribution in [0, 0.1) is 10.1 Å². The van der Waals surface area contributed by atoms with E-state index < -0.39 is 21.0 Å². The number of non-ortho nitro benzene ring substituents is 1. The van der Waals surface area contributed by atoms with Crippen LogP contribution in [-0.4, -0.2) is 42.4 Å². The van der Waals surface area contributed by atoms with Gasteiger partial charge in [-0.15, -0.1) is 0 Å². The van der Waals surface area contributed by atoms with E-state index in [1.807, 2.05) is 0 Å². The Hall–Kier alpha value is -2.20. The van der Waals surface area contributed by atoms with Crippen LogP contribution >= 0.6 is 11.6 Å². The van der Waals surface area contributed by atoms with E-state index in [1.54, 1.807) is 24.3 Å². The van der Waals surface area contributed by atoms with E-state index >= 15 is 0 Å². The number of benzene rings is 2. The highest BCUT2D eigenvalue weighted by Gasteiger charge is 2.31. The summed E-state index contributed by atoms with van der Waals surface area (Å²) in [5.74, 6) is 0. The van der Waals surface area contributed by atoms with Crippen molar-refractivity contribution in [3.8, 4) is 0 Å². The number of anilines is 1. The van der Waals surface area contributed by atoms with E-state index in [-0.39, 0.29) is 22.9 Å². The second-order valence-corrected chi connectivity index (χ2v) is 8.82. The van der Waals surface area contributed by atoms with Crippen molar-refractivity contribution in [3.05, 3.63) is 63.2 Å². The molecular weight excluding hydrogens is 406 g/mol. The average Bonchev–Trinajstić information content (AvgIpc) is 3.22. The molecule has 1 heterocycles. The van der Waals surface area contributed by atoms with Crippen molar-refractivity contribution in [2.24, 2.45) is 0 Å². The highest BCUT2D eigenvalue weighted by molar-refractivity contribution is 7.89. The van der Waals surface area contributed by atoms with Crippen molar-refractivity contribution < 1.29 is 18.4 Å². The number of hydrogen-bond donors (Lipinski definition) is 2. The van der Waals surface area contributed by atoms with Crippen LogP contribution in [0.25, 0.3) is 0 Å². The molecule has 28 heavy (non-hydrogen) atoms. The predicted octanol–water partition coefficient (Wildman–Crippen LogP) is 3.18. The molecule has 0 amide bonds. The lowest BCUT2D eigenvalue weighted by atomic mass is 10.1.